The molecule has 0 aromatic heterocycles. The summed E-state index contributed by atoms with van der Waals surface area (Å²) in [7, 11) is 0. The Morgan fingerprint density at radius 3 is 1.52 bits per heavy atom. The van der Waals surface area contributed by atoms with Crippen LogP contribution in [-0.4, -0.2) is 0 Å². The van der Waals surface area contributed by atoms with E-state index in [1.54, 1.807) is 0 Å². The van der Waals surface area contributed by atoms with Crippen molar-refractivity contribution < 1.29 is 0 Å². The van der Waals surface area contributed by atoms with Crippen molar-refractivity contribution in [2.24, 2.45) is 0 Å². The Bertz CT molecular complexity index is 3810. The average Bonchev–Trinajstić information content (AvgIpc) is 3.44. The largest absolute Gasteiger partial charge is 0.355 e. The van der Waals surface area contributed by atoms with Crippen molar-refractivity contribution >= 4 is 50.0 Å². The summed E-state index contributed by atoms with van der Waals surface area (Å²) in [6.45, 7) is 2.19. The van der Waals surface area contributed by atoms with Crippen LogP contribution in [0.1, 0.15) is 5.56 Å². The highest BCUT2D eigenvalue weighted by molar-refractivity contribution is 6.03. The molecule has 0 bridgehead atoms. The van der Waals surface area contributed by atoms with E-state index < -0.39 is 0 Å². The van der Waals surface area contributed by atoms with Crippen LogP contribution in [0.4, 0.5) is 28.4 Å². The van der Waals surface area contributed by atoms with Crippen molar-refractivity contribution in [1.29, 1.82) is 0 Å². The zero-order valence-corrected chi connectivity index (χ0v) is 39.5. The minimum Gasteiger partial charge on any atom is -0.355 e. The molecule has 0 aliphatic carbocycles. The van der Waals surface area contributed by atoms with Gasteiger partial charge in [0.25, 0.3) is 0 Å². The molecule has 0 aliphatic heterocycles. The molecule has 12 rings (SSSR count). The van der Waals surface area contributed by atoms with Crippen molar-refractivity contribution in [2.75, 3.05) is 10.2 Å². The SMILES string of the molecule is Cc1ccccc1-c1ccc(-c2ccccc2)c(-c2cc(Nc3ccc(-c4ccc(N(c5ccccc5-c5ccc(-c6ccccc6)cc5)c5cccc6ccccc56)cc4)cc3)c3ccccc3c2)c1. The minimum absolute atomic E-state index is 1.03. The first-order valence-corrected chi connectivity index (χ1v) is 24.4. The smallest absolute Gasteiger partial charge is 0.0540 e. The fraction of sp³-hybridized carbons (Fsp3) is 0.0145. The Kier molecular flexibility index (Phi) is 11.5. The maximum atomic E-state index is 3.85. The summed E-state index contributed by atoms with van der Waals surface area (Å²) in [4.78, 5) is 2.42. The normalized spacial score (nSPS) is 11.2. The molecule has 0 spiro atoms. The molecule has 0 unspecified atom stereocenters. The van der Waals surface area contributed by atoms with Gasteiger partial charge in [-0.1, -0.05) is 224 Å². The van der Waals surface area contributed by atoms with Crippen LogP contribution in [0, 0.1) is 6.92 Å². The summed E-state index contributed by atoms with van der Waals surface area (Å²) < 4.78 is 0. The van der Waals surface area contributed by atoms with Crippen LogP contribution in [0.25, 0.3) is 88.3 Å². The zero-order chi connectivity index (χ0) is 47.5. The van der Waals surface area contributed by atoms with Gasteiger partial charge >= 0.3 is 0 Å². The number of benzene rings is 12. The van der Waals surface area contributed by atoms with Crippen LogP contribution >= 0.6 is 0 Å². The van der Waals surface area contributed by atoms with E-state index >= 15 is 0 Å². The molecule has 0 atom stereocenters. The second-order valence-corrected chi connectivity index (χ2v) is 18.2. The molecule has 0 saturated carbocycles. The van der Waals surface area contributed by atoms with Crippen LogP contribution in [0.15, 0.2) is 279 Å². The molecular formula is C69H50N2. The van der Waals surface area contributed by atoms with Gasteiger partial charge in [-0.2, -0.15) is 0 Å². The molecule has 0 amide bonds. The average molecular weight is 907 g/mol. The Balaban J connectivity index is 0.878. The minimum atomic E-state index is 1.03. The summed E-state index contributed by atoms with van der Waals surface area (Å²) in [6.07, 6.45) is 0. The summed E-state index contributed by atoms with van der Waals surface area (Å²) in [5, 5.41) is 8.61. The van der Waals surface area contributed by atoms with E-state index in [-0.39, 0.29) is 0 Å². The molecule has 12 aromatic carbocycles. The molecule has 0 fully saturated rings. The molecule has 0 aliphatic rings. The van der Waals surface area contributed by atoms with Crippen LogP contribution in [0.5, 0.6) is 0 Å². The third-order valence-corrected chi connectivity index (χ3v) is 13.8. The highest BCUT2D eigenvalue weighted by Crippen LogP contribution is 2.45. The van der Waals surface area contributed by atoms with Crippen LogP contribution < -0.4 is 10.2 Å². The van der Waals surface area contributed by atoms with Gasteiger partial charge in [-0.15, -0.1) is 0 Å². The number of hydrogen-bond acceptors (Lipinski definition) is 2. The van der Waals surface area contributed by atoms with E-state index in [1.165, 1.54) is 77.2 Å². The van der Waals surface area contributed by atoms with Crippen molar-refractivity contribution in [3.63, 3.8) is 0 Å². The molecule has 0 radical (unpaired) electrons. The lowest BCUT2D eigenvalue weighted by atomic mass is 9.89. The van der Waals surface area contributed by atoms with Gasteiger partial charge in [0.15, 0.2) is 0 Å². The lowest BCUT2D eigenvalue weighted by Crippen LogP contribution is -2.11. The predicted molar refractivity (Wildman–Crippen MR) is 303 cm³/mol. The summed E-state index contributed by atoms with van der Waals surface area (Å²) >= 11 is 0. The third kappa shape index (κ3) is 8.65. The van der Waals surface area contributed by atoms with Crippen molar-refractivity contribution in [1.82, 2.24) is 0 Å². The Labute approximate surface area is 416 Å². The standard InChI is InChI=1S/C69H50N2/c1-48-17-8-11-25-61(48)57-39-44-62(53-20-6-3-7-21-53)66(46-57)58-45-56-23-10-12-26-63(56)67(47-58)70-59-40-35-51(36-41-59)52-37-42-60(43-38-52)71(69-30-16-24-54-22-9-13-27-64(54)69)68-29-15-14-28-65(68)55-33-31-50(32-34-55)49-18-4-2-5-19-49/h2-47,70H,1H3. The molecule has 0 saturated heterocycles. The van der Waals surface area contributed by atoms with Gasteiger partial charge in [0.05, 0.1) is 11.4 Å². The van der Waals surface area contributed by atoms with Gasteiger partial charge in [-0.3, -0.25) is 0 Å². The Morgan fingerprint density at radius 2 is 0.789 bits per heavy atom. The van der Waals surface area contributed by atoms with Gasteiger partial charge in [0.2, 0.25) is 0 Å². The predicted octanol–water partition coefficient (Wildman–Crippen LogP) is 19.5. The first-order valence-electron chi connectivity index (χ1n) is 24.4. The quantitative estimate of drug-likeness (QED) is 0.139. The number of para-hydroxylation sites is 1. The maximum Gasteiger partial charge on any atom is 0.0540 e. The van der Waals surface area contributed by atoms with Crippen LogP contribution in [-0.2, 0) is 0 Å². The number of nitrogens with one attached hydrogen (secondary N) is 1. The molecule has 0 heterocycles. The highest BCUT2D eigenvalue weighted by atomic mass is 15.1. The number of anilines is 5. The van der Waals surface area contributed by atoms with Crippen LogP contribution in [0.3, 0.4) is 0 Å². The van der Waals surface area contributed by atoms with Gasteiger partial charge in [-0.25, -0.2) is 0 Å². The molecule has 336 valence electrons. The summed E-state index contributed by atoms with van der Waals surface area (Å²) in [6, 6.07) is 101. The lowest BCUT2D eigenvalue weighted by molar-refractivity contribution is 1.30. The number of aryl methyl sites for hydroxylation is 1. The van der Waals surface area contributed by atoms with Gasteiger partial charge in [0, 0.05) is 33.4 Å². The fourth-order valence-electron chi connectivity index (χ4n) is 10.2. The van der Waals surface area contributed by atoms with E-state index in [4.69, 9.17) is 0 Å². The van der Waals surface area contributed by atoms with Crippen molar-refractivity contribution in [3.05, 3.63) is 285 Å². The molecule has 2 nitrogen and oxygen atoms in total. The van der Waals surface area contributed by atoms with Gasteiger partial charge < -0.3 is 10.2 Å². The number of fused-ring (bicyclic) bond motifs is 2. The number of hydrogen-bond donors (Lipinski definition) is 1. The summed E-state index contributed by atoms with van der Waals surface area (Å²) in [5.41, 5.74) is 21.0. The fourth-order valence-corrected chi connectivity index (χ4v) is 10.2. The summed E-state index contributed by atoms with van der Waals surface area (Å²) in [5.74, 6) is 0. The molecule has 1 N–H and O–H groups in total. The first kappa shape index (κ1) is 43.1. The number of nitrogens with zero attached hydrogens (tertiary/aromatic N) is 1. The van der Waals surface area contributed by atoms with Crippen molar-refractivity contribution in [2.45, 2.75) is 6.92 Å². The van der Waals surface area contributed by atoms with E-state index in [1.807, 2.05) is 0 Å². The van der Waals surface area contributed by atoms with Gasteiger partial charge in [0.1, 0.15) is 0 Å². The third-order valence-electron chi connectivity index (χ3n) is 13.8. The highest BCUT2D eigenvalue weighted by Gasteiger charge is 2.20. The maximum absolute atomic E-state index is 3.85. The second-order valence-electron chi connectivity index (χ2n) is 18.2. The van der Waals surface area contributed by atoms with E-state index in [0.717, 1.165) is 45.1 Å². The van der Waals surface area contributed by atoms with E-state index in [0.29, 0.717) is 0 Å². The zero-order valence-electron chi connectivity index (χ0n) is 39.5. The van der Waals surface area contributed by atoms with Gasteiger partial charge in [-0.05, 0) is 139 Å². The monoisotopic (exact) mass is 906 g/mol. The van der Waals surface area contributed by atoms with Crippen molar-refractivity contribution in [3.8, 4) is 66.8 Å². The first-order chi connectivity index (χ1) is 35.1. The lowest BCUT2D eigenvalue weighted by Gasteiger charge is -2.29. The molecule has 2 heteroatoms. The molecule has 12 aromatic rings. The topological polar surface area (TPSA) is 15.3 Å². The molecule has 71 heavy (non-hydrogen) atoms. The Morgan fingerprint density at radius 1 is 0.282 bits per heavy atom. The van der Waals surface area contributed by atoms with E-state index in [9.17, 15) is 0 Å². The molecular weight excluding hydrogens is 857 g/mol. The second kappa shape index (κ2) is 19.0. The number of rotatable bonds is 11. The Hall–Kier alpha value is -9.24. The van der Waals surface area contributed by atoms with E-state index in [2.05, 4.69) is 296 Å². The van der Waals surface area contributed by atoms with Crippen LogP contribution in [0.2, 0.25) is 0 Å².